The summed E-state index contributed by atoms with van der Waals surface area (Å²) < 4.78 is 5.21. The zero-order chi connectivity index (χ0) is 13.7. The second-order valence-corrected chi connectivity index (χ2v) is 4.91. The molecule has 2 N–H and O–H groups in total. The van der Waals surface area contributed by atoms with Crippen LogP contribution in [0.4, 0.5) is 4.79 Å². The number of benzene rings is 1. The van der Waals surface area contributed by atoms with E-state index in [4.69, 9.17) is 9.84 Å². The van der Waals surface area contributed by atoms with Gasteiger partial charge in [0.15, 0.2) is 0 Å². The predicted molar refractivity (Wildman–Crippen MR) is 69.5 cm³/mol. The Balaban J connectivity index is 1.79. The number of amides is 1. The van der Waals surface area contributed by atoms with E-state index in [9.17, 15) is 9.90 Å². The van der Waals surface area contributed by atoms with Crippen LogP contribution in [-0.4, -0.2) is 46.5 Å². The SMILES string of the molecule is O=C(OCc1ccccc1)N1CCC(O)(CO)CC1. The molecule has 1 aliphatic heterocycles. The number of nitrogens with zero attached hydrogens (tertiary/aromatic N) is 1. The maximum absolute atomic E-state index is 11.8. The molecule has 1 amide bonds. The summed E-state index contributed by atoms with van der Waals surface area (Å²) in [6, 6.07) is 9.49. The molecule has 0 bridgehead atoms. The molecule has 1 aliphatic rings. The number of rotatable bonds is 3. The van der Waals surface area contributed by atoms with Gasteiger partial charge < -0.3 is 19.8 Å². The van der Waals surface area contributed by atoms with Gasteiger partial charge in [0.2, 0.25) is 0 Å². The lowest BCUT2D eigenvalue weighted by molar-refractivity contribution is -0.0575. The maximum Gasteiger partial charge on any atom is 0.410 e. The van der Waals surface area contributed by atoms with Crippen molar-refractivity contribution in [3.8, 4) is 0 Å². The number of carbonyl (C=O) groups excluding carboxylic acids is 1. The summed E-state index contributed by atoms with van der Waals surface area (Å²) in [4.78, 5) is 13.4. The van der Waals surface area contributed by atoms with Gasteiger partial charge in [-0.15, -0.1) is 0 Å². The highest BCUT2D eigenvalue weighted by atomic mass is 16.6. The smallest absolute Gasteiger partial charge is 0.410 e. The molecule has 1 heterocycles. The Kier molecular flexibility index (Phi) is 4.39. The van der Waals surface area contributed by atoms with Crippen molar-refractivity contribution in [3.05, 3.63) is 35.9 Å². The number of carbonyl (C=O) groups is 1. The van der Waals surface area contributed by atoms with Crippen molar-refractivity contribution in [2.24, 2.45) is 0 Å². The van der Waals surface area contributed by atoms with E-state index in [0.717, 1.165) is 5.56 Å². The van der Waals surface area contributed by atoms with Crippen molar-refractivity contribution >= 4 is 6.09 Å². The van der Waals surface area contributed by atoms with Gasteiger partial charge in [-0.3, -0.25) is 0 Å². The first-order valence-corrected chi connectivity index (χ1v) is 6.42. The summed E-state index contributed by atoms with van der Waals surface area (Å²) in [6.07, 6.45) is 0.386. The van der Waals surface area contributed by atoms with E-state index < -0.39 is 5.60 Å². The Morgan fingerprint density at radius 3 is 2.47 bits per heavy atom. The van der Waals surface area contributed by atoms with E-state index >= 15 is 0 Å². The molecule has 0 aliphatic carbocycles. The van der Waals surface area contributed by atoms with Gasteiger partial charge in [0.25, 0.3) is 0 Å². The molecule has 1 aromatic rings. The fraction of sp³-hybridized carbons (Fsp3) is 0.500. The third-order valence-corrected chi connectivity index (χ3v) is 3.45. The molecule has 19 heavy (non-hydrogen) atoms. The number of aliphatic hydroxyl groups excluding tert-OH is 1. The number of aliphatic hydroxyl groups is 2. The van der Waals surface area contributed by atoms with Crippen molar-refractivity contribution in [2.75, 3.05) is 19.7 Å². The number of likely N-dealkylation sites (tertiary alicyclic amines) is 1. The predicted octanol–water partition coefficient (Wildman–Crippen LogP) is 1.14. The van der Waals surface area contributed by atoms with Crippen molar-refractivity contribution in [3.63, 3.8) is 0 Å². The van der Waals surface area contributed by atoms with Gasteiger partial charge in [-0.05, 0) is 18.4 Å². The van der Waals surface area contributed by atoms with Crippen molar-refractivity contribution < 1.29 is 19.7 Å². The van der Waals surface area contributed by atoms with Crippen LogP contribution in [0.3, 0.4) is 0 Å². The highest BCUT2D eigenvalue weighted by molar-refractivity contribution is 5.67. The lowest BCUT2D eigenvalue weighted by Crippen LogP contribution is -2.48. The standard InChI is InChI=1S/C14H19NO4/c16-11-14(18)6-8-15(9-7-14)13(17)19-10-12-4-2-1-3-5-12/h1-5,16,18H,6-11H2. The molecule has 2 rings (SSSR count). The van der Waals surface area contributed by atoms with Crippen LogP contribution in [0.1, 0.15) is 18.4 Å². The highest BCUT2D eigenvalue weighted by Gasteiger charge is 2.33. The van der Waals surface area contributed by atoms with Crippen molar-refractivity contribution in [1.29, 1.82) is 0 Å². The summed E-state index contributed by atoms with van der Waals surface area (Å²) in [5, 5.41) is 18.9. The topological polar surface area (TPSA) is 70.0 Å². The average molecular weight is 265 g/mol. The zero-order valence-corrected chi connectivity index (χ0v) is 10.8. The molecule has 5 nitrogen and oxygen atoms in total. The fourth-order valence-corrected chi connectivity index (χ4v) is 2.07. The molecule has 0 aromatic heterocycles. The van der Waals surface area contributed by atoms with Crippen LogP contribution in [0.2, 0.25) is 0 Å². The first kappa shape index (κ1) is 13.8. The largest absolute Gasteiger partial charge is 0.445 e. The molecule has 0 saturated carbocycles. The molecule has 5 heteroatoms. The molecule has 1 fully saturated rings. The molecular weight excluding hydrogens is 246 g/mol. The molecule has 1 saturated heterocycles. The van der Waals surface area contributed by atoms with Gasteiger partial charge in [0.1, 0.15) is 6.61 Å². The molecule has 1 aromatic carbocycles. The maximum atomic E-state index is 11.8. The van der Waals surface area contributed by atoms with Crippen LogP contribution >= 0.6 is 0 Å². The summed E-state index contributed by atoms with van der Waals surface area (Å²) in [5.74, 6) is 0. The number of hydrogen-bond donors (Lipinski definition) is 2. The van der Waals surface area contributed by atoms with Crippen LogP contribution in [0.25, 0.3) is 0 Å². The highest BCUT2D eigenvalue weighted by Crippen LogP contribution is 2.22. The van der Waals surface area contributed by atoms with E-state index in [2.05, 4.69) is 0 Å². The third-order valence-electron chi connectivity index (χ3n) is 3.45. The van der Waals surface area contributed by atoms with E-state index in [0.29, 0.717) is 25.9 Å². The zero-order valence-electron chi connectivity index (χ0n) is 10.8. The van der Waals surface area contributed by atoms with Gasteiger partial charge in [0.05, 0.1) is 12.2 Å². The van der Waals surface area contributed by atoms with Gasteiger partial charge in [-0.25, -0.2) is 4.79 Å². The van der Waals surface area contributed by atoms with Gasteiger partial charge in [-0.2, -0.15) is 0 Å². The Morgan fingerprint density at radius 1 is 1.26 bits per heavy atom. The van der Waals surface area contributed by atoms with Crippen LogP contribution in [0, 0.1) is 0 Å². The molecule has 0 spiro atoms. The number of hydrogen-bond acceptors (Lipinski definition) is 4. The number of ether oxygens (including phenoxy) is 1. The van der Waals surface area contributed by atoms with E-state index in [-0.39, 0.29) is 19.3 Å². The molecule has 0 atom stereocenters. The quantitative estimate of drug-likeness (QED) is 0.860. The van der Waals surface area contributed by atoms with Gasteiger partial charge in [0, 0.05) is 13.1 Å². The number of piperidine rings is 1. The fourth-order valence-electron chi connectivity index (χ4n) is 2.07. The normalized spacial score (nSPS) is 18.1. The van der Waals surface area contributed by atoms with Crippen LogP contribution < -0.4 is 0 Å². The molecule has 0 unspecified atom stereocenters. The first-order chi connectivity index (χ1) is 9.13. The Hall–Kier alpha value is -1.59. The van der Waals surface area contributed by atoms with Crippen LogP contribution in [0.5, 0.6) is 0 Å². The summed E-state index contributed by atoms with van der Waals surface area (Å²) in [5.41, 5.74) is -0.101. The van der Waals surface area contributed by atoms with Gasteiger partial charge >= 0.3 is 6.09 Å². The Bertz CT molecular complexity index is 413. The average Bonchev–Trinajstić information content (AvgIpc) is 2.47. The molecular formula is C14H19NO4. The summed E-state index contributed by atoms with van der Waals surface area (Å²) >= 11 is 0. The third kappa shape index (κ3) is 3.68. The molecule has 104 valence electrons. The Labute approximate surface area is 112 Å². The molecule has 0 radical (unpaired) electrons. The second-order valence-electron chi connectivity index (χ2n) is 4.91. The minimum absolute atomic E-state index is 0.250. The monoisotopic (exact) mass is 265 g/mol. The van der Waals surface area contributed by atoms with E-state index in [1.54, 1.807) is 4.90 Å². The lowest BCUT2D eigenvalue weighted by Gasteiger charge is -2.36. The van der Waals surface area contributed by atoms with Crippen molar-refractivity contribution in [2.45, 2.75) is 25.0 Å². The van der Waals surface area contributed by atoms with Crippen LogP contribution in [-0.2, 0) is 11.3 Å². The van der Waals surface area contributed by atoms with Crippen molar-refractivity contribution in [1.82, 2.24) is 4.90 Å². The minimum Gasteiger partial charge on any atom is -0.445 e. The first-order valence-electron chi connectivity index (χ1n) is 6.42. The summed E-state index contributed by atoms with van der Waals surface area (Å²) in [6.45, 7) is 0.801. The Morgan fingerprint density at radius 2 is 1.89 bits per heavy atom. The summed E-state index contributed by atoms with van der Waals surface area (Å²) in [7, 11) is 0. The van der Waals surface area contributed by atoms with E-state index in [1.807, 2.05) is 30.3 Å². The minimum atomic E-state index is -1.05. The van der Waals surface area contributed by atoms with Crippen LogP contribution in [0.15, 0.2) is 30.3 Å². The van der Waals surface area contributed by atoms with Gasteiger partial charge in [-0.1, -0.05) is 30.3 Å². The van der Waals surface area contributed by atoms with E-state index in [1.165, 1.54) is 0 Å². The lowest BCUT2D eigenvalue weighted by atomic mass is 9.93. The second kappa shape index (κ2) is 6.04.